The summed E-state index contributed by atoms with van der Waals surface area (Å²) in [6, 6.07) is 21.1. The fourth-order valence-corrected chi connectivity index (χ4v) is 5.16. The van der Waals surface area contributed by atoms with Crippen LogP contribution in [0.1, 0.15) is 22.7 Å². The monoisotopic (exact) mass is 558 g/mol. The summed E-state index contributed by atoms with van der Waals surface area (Å²) in [6.07, 6.45) is 0. The highest BCUT2D eigenvalue weighted by Crippen LogP contribution is 2.42. The van der Waals surface area contributed by atoms with E-state index in [-0.39, 0.29) is 11.3 Å². The normalized spacial score (nSPS) is 18.9. The van der Waals surface area contributed by atoms with Gasteiger partial charge in [-0.15, -0.1) is 0 Å². The fraction of sp³-hybridized carbons (Fsp3) is 0.312. The van der Waals surface area contributed by atoms with Crippen molar-refractivity contribution in [2.45, 2.75) is 12.6 Å². The van der Waals surface area contributed by atoms with Crippen LogP contribution >= 0.6 is 0 Å². The lowest BCUT2D eigenvalue weighted by Crippen LogP contribution is -2.42. The number of hydrogen-bond acceptors (Lipinski definition) is 8. The van der Waals surface area contributed by atoms with Crippen molar-refractivity contribution in [3.8, 4) is 17.2 Å². The zero-order chi connectivity index (χ0) is 28.8. The second kappa shape index (κ2) is 12.9. The number of methoxy groups -OCH3 is 2. The van der Waals surface area contributed by atoms with Crippen LogP contribution < -0.4 is 14.2 Å². The third kappa shape index (κ3) is 6.21. The molecule has 0 saturated carbocycles. The van der Waals surface area contributed by atoms with Crippen LogP contribution in [0, 0.1) is 0 Å². The first-order chi connectivity index (χ1) is 20.0. The van der Waals surface area contributed by atoms with Crippen LogP contribution in [-0.4, -0.2) is 80.2 Å². The second-order valence-corrected chi connectivity index (χ2v) is 9.86. The summed E-state index contributed by atoms with van der Waals surface area (Å²) < 4.78 is 22.2. The number of amides is 1. The molecule has 1 amide bonds. The topological polar surface area (TPSA) is 97.8 Å². The van der Waals surface area contributed by atoms with Crippen molar-refractivity contribution in [3.05, 3.63) is 95.1 Å². The predicted octanol–water partition coefficient (Wildman–Crippen LogP) is 4.04. The molecular formula is C32H34N2O7. The molecule has 0 radical (unpaired) electrons. The van der Waals surface area contributed by atoms with Gasteiger partial charge in [-0.1, -0.05) is 36.4 Å². The number of rotatable bonds is 10. The molecule has 2 fully saturated rings. The van der Waals surface area contributed by atoms with E-state index in [9.17, 15) is 14.7 Å². The summed E-state index contributed by atoms with van der Waals surface area (Å²) in [5, 5.41) is 11.5. The highest BCUT2D eigenvalue weighted by atomic mass is 16.5. The molecule has 9 nitrogen and oxygen atoms in total. The Labute approximate surface area is 239 Å². The van der Waals surface area contributed by atoms with Crippen molar-refractivity contribution < 1.29 is 33.6 Å². The van der Waals surface area contributed by atoms with Crippen molar-refractivity contribution in [3.63, 3.8) is 0 Å². The first kappa shape index (κ1) is 28.2. The molecule has 214 valence electrons. The van der Waals surface area contributed by atoms with Crippen molar-refractivity contribution in [2.24, 2.45) is 0 Å². The Hall–Kier alpha value is -4.34. The number of benzene rings is 3. The molecule has 9 heteroatoms. The molecule has 2 aliphatic heterocycles. The summed E-state index contributed by atoms with van der Waals surface area (Å²) >= 11 is 0. The van der Waals surface area contributed by atoms with Gasteiger partial charge in [0.05, 0.1) is 39.0 Å². The minimum absolute atomic E-state index is 0.0298. The molecule has 1 atom stereocenters. The van der Waals surface area contributed by atoms with Gasteiger partial charge in [-0.3, -0.25) is 14.5 Å². The van der Waals surface area contributed by atoms with E-state index in [1.54, 1.807) is 49.6 Å². The van der Waals surface area contributed by atoms with Gasteiger partial charge in [0.1, 0.15) is 18.1 Å². The molecule has 3 aromatic carbocycles. The van der Waals surface area contributed by atoms with Gasteiger partial charge in [0, 0.05) is 31.7 Å². The zero-order valence-corrected chi connectivity index (χ0v) is 23.2. The Balaban J connectivity index is 1.46. The molecule has 2 heterocycles. The maximum atomic E-state index is 13.4. The Kier molecular flexibility index (Phi) is 8.86. The molecule has 3 aromatic rings. The van der Waals surface area contributed by atoms with E-state index in [4.69, 9.17) is 18.9 Å². The Morgan fingerprint density at radius 1 is 0.902 bits per heavy atom. The number of aliphatic hydroxyl groups is 1. The van der Waals surface area contributed by atoms with Crippen LogP contribution in [0.3, 0.4) is 0 Å². The first-order valence-corrected chi connectivity index (χ1v) is 13.6. The van der Waals surface area contributed by atoms with Crippen LogP contribution in [0.15, 0.2) is 78.4 Å². The van der Waals surface area contributed by atoms with E-state index in [0.29, 0.717) is 61.3 Å². The molecule has 0 spiro atoms. The number of likely N-dealkylation sites (tertiary alicyclic amines) is 1. The molecule has 2 saturated heterocycles. The van der Waals surface area contributed by atoms with E-state index < -0.39 is 17.7 Å². The molecule has 0 bridgehead atoms. The molecule has 0 aromatic heterocycles. The van der Waals surface area contributed by atoms with E-state index >= 15 is 0 Å². The van der Waals surface area contributed by atoms with E-state index in [0.717, 1.165) is 18.7 Å². The fourth-order valence-electron chi connectivity index (χ4n) is 5.16. The maximum absolute atomic E-state index is 13.4. The summed E-state index contributed by atoms with van der Waals surface area (Å²) in [4.78, 5) is 30.5. The quantitative estimate of drug-likeness (QED) is 0.226. The largest absolute Gasteiger partial charge is 0.507 e. The summed E-state index contributed by atoms with van der Waals surface area (Å²) in [5.74, 6) is -0.0215. The van der Waals surface area contributed by atoms with Crippen molar-refractivity contribution in [1.29, 1.82) is 0 Å². The SMILES string of the molecule is COc1ccc(C2/C(=C(\O)c3ccc(OCc4ccccc4)cc3)C(=O)C(=O)N2CCN2CCOCC2)cc1OC. The number of carbonyl (C=O) groups is 2. The molecule has 41 heavy (non-hydrogen) atoms. The van der Waals surface area contributed by atoms with Crippen LogP contribution in [0.2, 0.25) is 0 Å². The maximum Gasteiger partial charge on any atom is 0.295 e. The number of ketones is 1. The smallest absolute Gasteiger partial charge is 0.295 e. The molecule has 5 rings (SSSR count). The van der Waals surface area contributed by atoms with Gasteiger partial charge in [-0.2, -0.15) is 0 Å². The van der Waals surface area contributed by atoms with Gasteiger partial charge in [0.25, 0.3) is 11.7 Å². The van der Waals surface area contributed by atoms with Crippen molar-refractivity contribution in [1.82, 2.24) is 9.80 Å². The number of carbonyl (C=O) groups excluding carboxylic acids is 2. The van der Waals surface area contributed by atoms with Gasteiger partial charge in [0.2, 0.25) is 0 Å². The highest BCUT2D eigenvalue weighted by molar-refractivity contribution is 6.46. The van der Waals surface area contributed by atoms with Gasteiger partial charge in [-0.05, 0) is 47.5 Å². The lowest BCUT2D eigenvalue weighted by molar-refractivity contribution is -0.140. The minimum Gasteiger partial charge on any atom is -0.507 e. The highest BCUT2D eigenvalue weighted by Gasteiger charge is 2.46. The van der Waals surface area contributed by atoms with Crippen LogP contribution in [-0.2, 0) is 20.9 Å². The minimum atomic E-state index is -0.801. The lowest BCUT2D eigenvalue weighted by atomic mass is 9.95. The lowest BCUT2D eigenvalue weighted by Gasteiger charge is -2.31. The zero-order valence-electron chi connectivity index (χ0n) is 23.2. The number of morpholine rings is 1. The second-order valence-electron chi connectivity index (χ2n) is 9.86. The van der Waals surface area contributed by atoms with Gasteiger partial charge in [-0.25, -0.2) is 0 Å². The molecule has 2 aliphatic rings. The summed E-state index contributed by atoms with van der Waals surface area (Å²) in [5.41, 5.74) is 2.11. The van der Waals surface area contributed by atoms with Crippen molar-refractivity contribution >= 4 is 17.4 Å². The first-order valence-electron chi connectivity index (χ1n) is 13.6. The predicted molar refractivity (Wildman–Crippen MR) is 153 cm³/mol. The third-order valence-corrected chi connectivity index (χ3v) is 7.40. The van der Waals surface area contributed by atoms with Gasteiger partial charge < -0.3 is 29.0 Å². The molecule has 1 unspecified atom stereocenters. The van der Waals surface area contributed by atoms with E-state index in [1.165, 1.54) is 12.0 Å². The third-order valence-electron chi connectivity index (χ3n) is 7.40. The Morgan fingerprint density at radius 2 is 1.61 bits per heavy atom. The number of nitrogens with zero attached hydrogens (tertiary/aromatic N) is 2. The van der Waals surface area contributed by atoms with E-state index in [2.05, 4.69) is 4.90 Å². The average Bonchev–Trinajstić information content (AvgIpc) is 3.28. The van der Waals surface area contributed by atoms with Crippen LogP contribution in [0.4, 0.5) is 0 Å². The van der Waals surface area contributed by atoms with Crippen LogP contribution in [0.25, 0.3) is 5.76 Å². The Bertz CT molecular complexity index is 1400. The van der Waals surface area contributed by atoms with Crippen molar-refractivity contribution in [2.75, 3.05) is 53.6 Å². The van der Waals surface area contributed by atoms with Crippen LogP contribution in [0.5, 0.6) is 17.2 Å². The number of aliphatic hydroxyl groups excluding tert-OH is 1. The standard InChI is InChI=1S/C32H34N2O7/c1-38-26-13-10-24(20-27(26)39-2)29-28(31(36)32(37)34(29)15-14-33-16-18-40-19-17-33)30(35)23-8-11-25(12-9-23)41-21-22-6-4-3-5-7-22/h3-13,20,29,35H,14-19,21H2,1-2H3/b30-28+. The Morgan fingerprint density at radius 3 is 2.29 bits per heavy atom. The molecular weight excluding hydrogens is 524 g/mol. The summed E-state index contributed by atoms with van der Waals surface area (Å²) in [6.45, 7) is 4.05. The number of ether oxygens (including phenoxy) is 4. The van der Waals surface area contributed by atoms with E-state index in [1.807, 2.05) is 30.3 Å². The molecule has 0 aliphatic carbocycles. The van der Waals surface area contributed by atoms with Gasteiger partial charge >= 0.3 is 0 Å². The average molecular weight is 559 g/mol. The van der Waals surface area contributed by atoms with Gasteiger partial charge in [0.15, 0.2) is 11.5 Å². The number of hydrogen-bond donors (Lipinski definition) is 1. The molecule has 1 N–H and O–H groups in total. The number of Topliss-reactive ketones (excluding diaryl/α,β-unsaturated/α-hetero) is 1. The summed E-state index contributed by atoms with van der Waals surface area (Å²) in [7, 11) is 3.07.